The fourth-order valence-corrected chi connectivity index (χ4v) is 3.36. The lowest BCUT2D eigenvalue weighted by molar-refractivity contribution is -0.137. The van der Waals surface area contributed by atoms with Crippen LogP contribution in [0.4, 0.5) is 13.2 Å². The standard InChI is InChI=1S/C19H21F3N4O2.ClH/c1-12-11-16(27)17(18(28)25-9-7-13(23-2)8-10-25)24-26(12)15-6-4-3-5-14(15)19(20,21)22;/h3-6,11,13,23H,7-10H2,1-2H3;1H. The van der Waals surface area contributed by atoms with E-state index in [2.05, 4.69) is 10.4 Å². The minimum atomic E-state index is -4.59. The number of halogens is 4. The van der Waals surface area contributed by atoms with Gasteiger partial charge in [0.25, 0.3) is 5.91 Å². The van der Waals surface area contributed by atoms with Crippen LogP contribution in [-0.2, 0) is 6.18 Å². The molecule has 2 heterocycles. The lowest BCUT2D eigenvalue weighted by atomic mass is 10.0. The number of aromatic nitrogens is 2. The van der Waals surface area contributed by atoms with E-state index in [0.717, 1.165) is 29.7 Å². The smallest absolute Gasteiger partial charge is 0.337 e. The van der Waals surface area contributed by atoms with Crippen LogP contribution in [0.15, 0.2) is 35.1 Å². The first-order valence-electron chi connectivity index (χ1n) is 8.96. The number of nitrogens with one attached hydrogen (secondary N) is 1. The van der Waals surface area contributed by atoms with Crippen molar-refractivity contribution in [1.29, 1.82) is 0 Å². The molecule has 1 N–H and O–H groups in total. The number of piperidine rings is 1. The molecule has 0 atom stereocenters. The fourth-order valence-electron chi connectivity index (χ4n) is 3.36. The van der Waals surface area contributed by atoms with E-state index < -0.39 is 23.1 Å². The van der Waals surface area contributed by atoms with Crippen molar-refractivity contribution in [2.45, 2.75) is 32.0 Å². The fraction of sp³-hybridized carbons (Fsp3) is 0.421. The Morgan fingerprint density at radius 3 is 2.41 bits per heavy atom. The summed E-state index contributed by atoms with van der Waals surface area (Å²) in [5.74, 6) is -0.558. The number of rotatable bonds is 3. The number of aryl methyl sites for hydroxylation is 1. The summed E-state index contributed by atoms with van der Waals surface area (Å²) in [4.78, 5) is 26.7. The van der Waals surface area contributed by atoms with Crippen LogP contribution in [0, 0.1) is 6.92 Å². The van der Waals surface area contributed by atoms with Gasteiger partial charge in [0.15, 0.2) is 5.69 Å². The van der Waals surface area contributed by atoms with E-state index in [9.17, 15) is 22.8 Å². The number of hydrogen-bond donors (Lipinski definition) is 1. The number of hydrogen-bond acceptors (Lipinski definition) is 4. The van der Waals surface area contributed by atoms with Crippen molar-refractivity contribution < 1.29 is 18.0 Å². The highest BCUT2D eigenvalue weighted by Crippen LogP contribution is 2.33. The zero-order valence-electron chi connectivity index (χ0n) is 16.0. The third-order valence-corrected chi connectivity index (χ3v) is 4.94. The summed E-state index contributed by atoms with van der Waals surface area (Å²) < 4.78 is 41.2. The van der Waals surface area contributed by atoms with Gasteiger partial charge < -0.3 is 10.2 Å². The predicted molar refractivity (Wildman–Crippen MR) is 105 cm³/mol. The van der Waals surface area contributed by atoms with E-state index in [-0.39, 0.29) is 29.5 Å². The minimum absolute atomic E-state index is 0. The maximum Gasteiger partial charge on any atom is 0.418 e. The molecule has 1 fully saturated rings. The molecule has 0 unspecified atom stereocenters. The summed E-state index contributed by atoms with van der Waals surface area (Å²) in [6.45, 7) is 2.39. The number of nitrogens with zero attached hydrogens (tertiary/aromatic N) is 3. The summed E-state index contributed by atoms with van der Waals surface area (Å²) in [5.41, 5.74) is -1.87. The van der Waals surface area contributed by atoms with E-state index in [1.807, 2.05) is 7.05 Å². The number of alkyl halides is 3. The van der Waals surface area contributed by atoms with Crippen molar-refractivity contribution in [3.05, 3.63) is 57.5 Å². The Kier molecular flexibility index (Phi) is 7.07. The van der Waals surface area contributed by atoms with Crippen LogP contribution in [0.2, 0.25) is 0 Å². The Morgan fingerprint density at radius 2 is 1.83 bits per heavy atom. The third kappa shape index (κ3) is 4.79. The molecule has 6 nitrogen and oxygen atoms in total. The van der Waals surface area contributed by atoms with E-state index in [1.54, 1.807) is 0 Å². The zero-order chi connectivity index (χ0) is 20.5. The largest absolute Gasteiger partial charge is 0.418 e. The van der Waals surface area contributed by atoms with Gasteiger partial charge in [-0.25, -0.2) is 4.68 Å². The SMILES string of the molecule is CNC1CCN(C(=O)c2nn(-c3ccccc3C(F)(F)F)c(C)cc2=O)CC1.Cl. The third-order valence-electron chi connectivity index (χ3n) is 4.94. The van der Waals surface area contributed by atoms with Gasteiger partial charge in [0.05, 0.1) is 11.3 Å². The molecule has 10 heteroatoms. The van der Waals surface area contributed by atoms with Crippen molar-refractivity contribution in [3.8, 4) is 5.69 Å². The Morgan fingerprint density at radius 1 is 1.21 bits per heavy atom. The lowest BCUT2D eigenvalue weighted by Crippen LogP contribution is -2.45. The summed E-state index contributed by atoms with van der Waals surface area (Å²) in [5, 5.41) is 7.17. The Labute approximate surface area is 172 Å². The topological polar surface area (TPSA) is 67.2 Å². The van der Waals surface area contributed by atoms with Crippen LogP contribution in [0.25, 0.3) is 5.69 Å². The van der Waals surface area contributed by atoms with Gasteiger partial charge in [-0.1, -0.05) is 12.1 Å². The molecule has 1 aromatic carbocycles. The summed E-state index contributed by atoms with van der Waals surface area (Å²) in [6.07, 6.45) is -3.12. The molecule has 0 aliphatic carbocycles. The Bertz CT molecular complexity index is 938. The first kappa shape index (κ1) is 22.9. The number of benzene rings is 1. The average Bonchev–Trinajstić information content (AvgIpc) is 2.67. The Hall–Kier alpha value is -2.39. The maximum absolute atomic E-state index is 13.4. The lowest BCUT2D eigenvalue weighted by Gasteiger charge is -2.31. The molecule has 1 amide bonds. The number of para-hydroxylation sites is 1. The quantitative estimate of drug-likeness (QED) is 0.813. The number of amides is 1. The molecule has 1 aromatic heterocycles. The summed E-state index contributed by atoms with van der Waals surface area (Å²) >= 11 is 0. The van der Waals surface area contributed by atoms with Crippen LogP contribution in [-0.4, -0.2) is 46.8 Å². The average molecular weight is 431 g/mol. The monoisotopic (exact) mass is 430 g/mol. The molecule has 0 radical (unpaired) electrons. The van der Waals surface area contributed by atoms with Crippen molar-refractivity contribution in [1.82, 2.24) is 20.0 Å². The van der Waals surface area contributed by atoms with Crippen LogP contribution >= 0.6 is 12.4 Å². The molecule has 29 heavy (non-hydrogen) atoms. The summed E-state index contributed by atoms with van der Waals surface area (Å²) in [6, 6.07) is 6.38. The highest BCUT2D eigenvalue weighted by atomic mass is 35.5. The number of carbonyl (C=O) groups is 1. The van der Waals surface area contributed by atoms with Crippen LogP contribution < -0.4 is 10.7 Å². The van der Waals surface area contributed by atoms with Crippen LogP contribution in [0.3, 0.4) is 0 Å². The molecule has 0 bridgehead atoms. The molecule has 158 valence electrons. The van der Waals surface area contributed by atoms with Gasteiger partial charge in [0, 0.05) is 30.9 Å². The number of likely N-dealkylation sites (tertiary alicyclic amines) is 1. The zero-order valence-corrected chi connectivity index (χ0v) is 16.8. The van der Waals surface area contributed by atoms with E-state index >= 15 is 0 Å². The van der Waals surface area contributed by atoms with Crippen molar-refractivity contribution in [3.63, 3.8) is 0 Å². The van der Waals surface area contributed by atoms with E-state index in [0.29, 0.717) is 19.1 Å². The van der Waals surface area contributed by atoms with Crippen molar-refractivity contribution in [2.75, 3.05) is 20.1 Å². The Balaban J connectivity index is 0.00000300. The van der Waals surface area contributed by atoms with Crippen molar-refractivity contribution >= 4 is 18.3 Å². The van der Waals surface area contributed by atoms with E-state index in [4.69, 9.17) is 0 Å². The molecule has 0 saturated carbocycles. The first-order valence-corrected chi connectivity index (χ1v) is 8.96. The predicted octanol–water partition coefficient (Wildman–Crippen LogP) is 2.81. The molecule has 1 saturated heterocycles. The summed E-state index contributed by atoms with van der Waals surface area (Å²) in [7, 11) is 1.85. The van der Waals surface area contributed by atoms with Gasteiger partial charge in [-0.3, -0.25) is 9.59 Å². The van der Waals surface area contributed by atoms with Crippen LogP contribution in [0.1, 0.15) is 34.6 Å². The van der Waals surface area contributed by atoms with Crippen LogP contribution in [0.5, 0.6) is 0 Å². The van der Waals surface area contributed by atoms with Gasteiger partial charge in [-0.15, -0.1) is 12.4 Å². The number of carbonyl (C=O) groups excluding carboxylic acids is 1. The second kappa shape index (κ2) is 8.96. The molecule has 0 spiro atoms. The molecule has 1 aliphatic heterocycles. The highest BCUT2D eigenvalue weighted by molar-refractivity contribution is 5.92. The molecule has 1 aliphatic rings. The van der Waals surface area contributed by atoms with E-state index in [1.165, 1.54) is 30.0 Å². The molecule has 3 rings (SSSR count). The van der Waals surface area contributed by atoms with Gasteiger partial charge in [0.2, 0.25) is 5.43 Å². The first-order chi connectivity index (χ1) is 13.2. The normalized spacial score (nSPS) is 15.1. The second-order valence-electron chi connectivity index (χ2n) is 6.78. The minimum Gasteiger partial charge on any atom is -0.337 e. The molecule has 2 aromatic rings. The molecular formula is C19H22ClF3N4O2. The van der Waals surface area contributed by atoms with Gasteiger partial charge >= 0.3 is 6.18 Å². The second-order valence-corrected chi connectivity index (χ2v) is 6.78. The van der Waals surface area contributed by atoms with Gasteiger partial charge in [0.1, 0.15) is 0 Å². The van der Waals surface area contributed by atoms with Gasteiger partial charge in [-0.05, 0) is 38.9 Å². The van der Waals surface area contributed by atoms with Crippen molar-refractivity contribution in [2.24, 2.45) is 0 Å². The molecular weight excluding hydrogens is 409 g/mol. The maximum atomic E-state index is 13.4. The highest BCUT2D eigenvalue weighted by Gasteiger charge is 2.34. The van der Waals surface area contributed by atoms with Gasteiger partial charge in [-0.2, -0.15) is 18.3 Å².